The lowest BCUT2D eigenvalue weighted by atomic mass is 9.85. The Labute approximate surface area is 186 Å². The number of fused-ring (bicyclic) bond motifs is 4. The van der Waals surface area contributed by atoms with E-state index >= 15 is 0 Å². The summed E-state index contributed by atoms with van der Waals surface area (Å²) in [6, 6.07) is 6.77. The van der Waals surface area contributed by atoms with Crippen molar-refractivity contribution in [2.75, 3.05) is 18.2 Å². The molecule has 1 aromatic carbocycles. The first-order chi connectivity index (χ1) is 15.3. The molecule has 6 nitrogen and oxygen atoms in total. The number of benzene rings is 1. The number of rotatable bonds is 2. The molecule has 1 fully saturated rings. The fourth-order valence-electron chi connectivity index (χ4n) is 5.91. The molecule has 166 valence electrons. The molecule has 0 aliphatic carbocycles. The second kappa shape index (κ2) is 6.89. The van der Waals surface area contributed by atoms with Gasteiger partial charge in [-0.3, -0.25) is 0 Å². The molecular weight excluding hydrogens is 427 g/mol. The number of aromatic nitrogens is 2. The predicted molar refractivity (Wildman–Crippen MR) is 124 cm³/mol. The highest BCUT2D eigenvalue weighted by Crippen LogP contribution is 2.45. The van der Waals surface area contributed by atoms with E-state index in [0.29, 0.717) is 13.0 Å². The number of hydrogen-bond acceptors (Lipinski definition) is 4. The smallest absolute Gasteiger partial charge is 0.212 e. The van der Waals surface area contributed by atoms with E-state index in [-0.39, 0.29) is 17.9 Å². The van der Waals surface area contributed by atoms with Crippen molar-refractivity contribution in [2.45, 2.75) is 44.3 Å². The van der Waals surface area contributed by atoms with Gasteiger partial charge in [0.25, 0.3) is 0 Å². The van der Waals surface area contributed by atoms with Crippen molar-refractivity contribution >= 4 is 32.3 Å². The number of nitrogens with one attached hydrogen (secondary N) is 1. The minimum absolute atomic E-state index is 0.00964. The van der Waals surface area contributed by atoms with E-state index < -0.39 is 10.0 Å². The maximum atomic E-state index is 14.2. The zero-order chi connectivity index (χ0) is 22.2. The van der Waals surface area contributed by atoms with E-state index in [1.165, 1.54) is 12.3 Å². The van der Waals surface area contributed by atoms with Crippen molar-refractivity contribution in [1.82, 2.24) is 14.3 Å². The van der Waals surface area contributed by atoms with Crippen LogP contribution in [0.1, 0.15) is 36.9 Å². The summed E-state index contributed by atoms with van der Waals surface area (Å²) in [7, 11) is -1.24. The van der Waals surface area contributed by atoms with Crippen LogP contribution in [0.3, 0.4) is 0 Å². The summed E-state index contributed by atoms with van der Waals surface area (Å²) in [5, 5.41) is 1.02. The maximum Gasteiger partial charge on any atom is 0.212 e. The van der Waals surface area contributed by atoms with Crippen LogP contribution in [0.25, 0.3) is 27.7 Å². The molecule has 6 rings (SSSR count). The molecule has 0 saturated carbocycles. The minimum Gasteiger partial charge on any atom is -0.370 e. The van der Waals surface area contributed by atoms with Gasteiger partial charge in [0.1, 0.15) is 11.5 Å². The summed E-state index contributed by atoms with van der Waals surface area (Å²) in [4.78, 5) is 10.3. The highest BCUT2D eigenvalue weighted by atomic mass is 32.2. The van der Waals surface area contributed by atoms with Crippen LogP contribution in [0.5, 0.6) is 0 Å². The van der Waals surface area contributed by atoms with Crippen LogP contribution in [0.2, 0.25) is 0 Å². The van der Waals surface area contributed by atoms with Crippen LogP contribution >= 0.6 is 0 Å². The highest BCUT2D eigenvalue weighted by molar-refractivity contribution is 7.88. The molecule has 3 aliphatic rings. The van der Waals surface area contributed by atoms with Crippen LogP contribution in [-0.2, 0) is 16.6 Å². The summed E-state index contributed by atoms with van der Waals surface area (Å²) in [5.41, 5.74) is 6.93. The van der Waals surface area contributed by atoms with Gasteiger partial charge in [-0.05, 0) is 61.1 Å². The standard InChI is InChI=1S/C24H25FN4O2S/c1-28-13-20-22-18(19-12-15(25)6-7-21(19)28)8-9-26-24(22)27-23(20)14-10-16-4-3-5-17(11-14)29(16)32(2,30)31/h6-10,12,16-17H,3-5,11,13H2,1-2H3,(H,26,27). The molecule has 5 heterocycles. The van der Waals surface area contributed by atoms with Crippen molar-refractivity contribution in [3.05, 3.63) is 53.6 Å². The fraction of sp³-hybridized carbons (Fsp3) is 0.375. The van der Waals surface area contributed by atoms with Gasteiger partial charge in [0.05, 0.1) is 6.26 Å². The van der Waals surface area contributed by atoms with Crippen LogP contribution in [0, 0.1) is 5.82 Å². The van der Waals surface area contributed by atoms with E-state index in [4.69, 9.17) is 0 Å². The molecule has 8 heteroatoms. The van der Waals surface area contributed by atoms with E-state index in [9.17, 15) is 12.8 Å². The van der Waals surface area contributed by atoms with Crippen molar-refractivity contribution in [1.29, 1.82) is 0 Å². The van der Waals surface area contributed by atoms with Crippen LogP contribution in [0.4, 0.5) is 10.1 Å². The predicted octanol–water partition coefficient (Wildman–Crippen LogP) is 4.29. The molecule has 3 aliphatic heterocycles. The van der Waals surface area contributed by atoms with Gasteiger partial charge in [-0.1, -0.05) is 6.08 Å². The highest BCUT2D eigenvalue weighted by Gasteiger charge is 2.40. The summed E-state index contributed by atoms with van der Waals surface area (Å²) in [6.45, 7) is 0.662. The van der Waals surface area contributed by atoms with Crippen molar-refractivity contribution in [3.63, 3.8) is 0 Å². The zero-order valence-electron chi connectivity index (χ0n) is 18.1. The van der Waals surface area contributed by atoms with Gasteiger partial charge in [-0.25, -0.2) is 17.8 Å². The number of piperidine rings is 1. The van der Waals surface area contributed by atoms with Gasteiger partial charge in [-0.2, -0.15) is 4.31 Å². The van der Waals surface area contributed by atoms with Gasteiger partial charge in [-0.15, -0.1) is 0 Å². The first kappa shape index (κ1) is 19.9. The summed E-state index contributed by atoms with van der Waals surface area (Å²) >= 11 is 0. The van der Waals surface area contributed by atoms with Crippen LogP contribution in [0.15, 0.2) is 36.5 Å². The number of halogens is 1. The molecule has 0 spiro atoms. The van der Waals surface area contributed by atoms with E-state index in [1.807, 2.05) is 19.2 Å². The second-order valence-corrected chi connectivity index (χ2v) is 11.1. The number of hydrogen-bond donors (Lipinski definition) is 1. The van der Waals surface area contributed by atoms with Gasteiger partial charge in [0, 0.05) is 59.8 Å². The van der Waals surface area contributed by atoms with Crippen molar-refractivity contribution < 1.29 is 12.8 Å². The second-order valence-electron chi connectivity index (χ2n) is 9.22. The lowest BCUT2D eigenvalue weighted by Gasteiger charge is -2.43. The van der Waals surface area contributed by atoms with Gasteiger partial charge < -0.3 is 9.88 Å². The molecule has 32 heavy (non-hydrogen) atoms. The quantitative estimate of drug-likeness (QED) is 0.630. The van der Waals surface area contributed by atoms with Crippen molar-refractivity contribution in [3.8, 4) is 11.1 Å². The molecule has 1 saturated heterocycles. The number of H-pyrrole nitrogens is 1. The Kier molecular flexibility index (Phi) is 4.29. The lowest BCUT2D eigenvalue weighted by Crippen LogP contribution is -2.51. The fourth-order valence-corrected chi connectivity index (χ4v) is 7.29. The zero-order valence-corrected chi connectivity index (χ0v) is 18.9. The number of anilines is 1. The van der Waals surface area contributed by atoms with Crippen LogP contribution < -0.4 is 4.90 Å². The third kappa shape index (κ3) is 2.93. The Morgan fingerprint density at radius 3 is 2.81 bits per heavy atom. The number of sulfonamides is 1. The van der Waals surface area contributed by atoms with Gasteiger partial charge in [0.15, 0.2) is 0 Å². The van der Waals surface area contributed by atoms with E-state index in [1.54, 1.807) is 16.6 Å². The van der Waals surface area contributed by atoms with E-state index in [0.717, 1.165) is 63.9 Å². The molecule has 2 unspecified atom stereocenters. The van der Waals surface area contributed by atoms with Gasteiger partial charge >= 0.3 is 0 Å². The Balaban J connectivity index is 1.55. The molecule has 3 aromatic rings. The third-order valence-electron chi connectivity index (χ3n) is 7.13. The third-order valence-corrected chi connectivity index (χ3v) is 8.47. The molecule has 2 aromatic heterocycles. The summed E-state index contributed by atoms with van der Waals surface area (Å²) in [6.07, 6.45) is 8.66. The van der Waals surface area contributed by atoms with Gasteiger partial charge in [0.2, 0.25) is 10.0 Å². The Morgan fingerprint density at radius 2 is 2.03 bits per heavy atom. The monoisotopic (exact) mass is 452 g/mol. The molecule has 2 atom stereocenters. The maximum absolute atomic E-state index is 14.2. The molecule has 2 bridgehead atoms. The topological polar surface area (TPSA) is 69.3 Å². The SMILES string of the molecule is CN1Cc2c(C3=CC4CCCC(C3)N4S(C)(=O)=O)[nH]c3nccc(c23)-c2cc(F)ccc21. The average Bonchev–Trinajstić information content (AvgIpc) is 3.04. The minimum atomic E-state index is -3.26. The Morgan fingerprint density at radius 1 is 1.19 bits per heavy atom. The first-order valence-corrected chi connectivity index (χ1v) is 12.9. The molecular formula is C24H25FN4O2S. The largest absolute Gasteiger partial charge is 0.370 e. The number of pyridine rings is 1. The Bertz CT molecular complexity index is 1390. The molecule has 0 radical (unpaired) electrons. The normalized spacial score (nSPS) is 23.1. The summed E-state index contributed by atoms with van der Waals surface area (Å²) < 4.78 is 40.8. The number of nitrogens with zero attached hydrogens (tertiary/aromatic N) is 3. The van der Waals surface area contributed by atoms with Crippen LogP contribution in [-0.4, -0.2) is 48.1 Å². The van der Waals surface area contributed by atoms with Crippen molar-refractivity contribution in [2.24, 2.45) is 0 Å². The Hall–Kier alpha value is -2.71. The molecule has 1 N–H and O–H groups in total. The average molecular weight is 453 g/mol. The van der Waals surface area contributed by atoms with E-state index in [2.05, 4.69) is 20.9 Å². The lowest BCUT2D eigenvalue weighted by molar-refractivity contribution is 0.204. The number of aromatic amines is 1. The summed E-state index contributed by atoms with van der Waals surface area (Å²) in [5.74, 6) is -0.259. The first-order valence-electron chi connectivity index (χ1n) is 11.0. The molecule has 0 amide bonds.